The van der Waals surface area contributed by atoms with Gasteiger partial charge in [0.05, 0.1) is 30.9 Å². The topological polar surface area (TPSA) is 69.7 Å². The van der Waals surface area contributed by atoms with Gasteiger partial charge in [-0.3, -0.25) is 14.4 Å². The van der Waals surface area contributed by atoms with Gasteiger partial charge < -0.3 is 9.47 Å². The largest absolute Gasteiger partial charge is 0.496 e. The summed E-state index contributed by atoms with van der Waals surface area (Å²) in [5.41, 5.74) is 0.489. The van der Waals surface area contributed by atoms with Crippen LogP contribution < -0.4 is 9.47 Å². The maximum Gasteiger partial charge on any atom is 0.190 e. The standard InChI is InChI=1S/C15H14O5/c1-4-9(16)8-7-12(19-2)13-10(17)5-6-11(18)14(13)15(8)20-3/h5-7H,4H2,1-3H3. The molecule has 0 spiro atoms. The number of hydrogen-bond acceptors (Lipinski definition) is 5. The molecule has 5 nitrogen and oxygen atoms in total. The highest BCUT2D eigenvalue weighted by molar-refractivity contribution is 6.25. The number of benzene rings is 1. The van der Waals surface area contributed by atoms with Crippen LogP contribution in [0.3, 0.4) is 0 Å². The molecule has 0 saturated carbocycles. The minimum Gasteiger partial charge on any atom is -0.496 e. The van der Waals surface area contributed by atoms with Crippen molar-refractivity contribution in [3.63, 3.8) is 0 Å². The molecule has 0 atom stereocenters. The summed E-state index contributed by atoms with van der Waals surface area (Å²) in [7, 11) is 2.75. The molecule has 1 aromatic rings. The van der Waals surface area contributed by atoms with E-state index in [4.69, 9.17) is 9.47 Å². The summed E-state index contributed by atoms with van der Waals surface area (Å²) in [6.45, 7) is 1.71. The summed E-state index contributed by atoms with van der Waals surface area (Å²) in [6, 6.07) is 1.45. The van der Waals surface area contributed by atoms with Crippen LogP contribution in [0.1, 0.15) is 44.4 Å². The predicted octanol–water partition coefficient (Wildman–Crippen LogP) is 2.23. The van der Waals surface area contributed by atoms with Gasteiger partial charge in [0.1, 0.15) is 11.5 Å². The van der Waals surface area contributed by atoms with Crippen molar-refractivity contribution in [2.45, 2.75) is 13.3 Å². The van der Waals surface area contributed by atoms with Crippen LogP contribution in [0, 0.1) is 0 Å². The van der Waals surface area contributed by atoms with E-state index in [1.807, 2.05) is 0 Å². The first-order valence-electron chi connectivity index (χ1n) is 6.14. The highest BCUT2D eigenvalue weighted by atomic mass is 16.5. The molecule has 0 bridgehead atoms. The molecule has 0 aliphatic heterocycles. The van der Waals surface area contributed by atoms with Crippen LogP contribution in [0.25, 0.3) is 0 Å². The van der Waals surface area contributed by atoms with E-state index in [0.717, 1.165) is 0 Å². The van der Waals surface area contributed by atoms with Crippen LogP contribution in [0.15, 0.2) is 18.2 Å². The Morgan fingerprint density at radius 2 is 1.65 bits per heavy atom. The average molecular weight is 274 g/mol. The number of hydrogen-bond donors (Lipinski definition) is 0. The van der Waals surface area contributed by atoms with Gasteiger partial charge in [-0.1, -0.05) is 6.92 Å². The second-order valence-corrected chi connectivity index (χ2v) is 4.25. The zero-order valence-corrected chi connectivity index (χ0v) is 11.5. The van der Waals surface area contributed by atoms with E-state index in [1.54, 1.807) is 6.92 Å². The number of Topliss-reactive ketones (excluding diaryl/α,β-unsaturated/α-hetero) is 1. The minimum absolute atomic E-state index is 0.0937. The summed E-state index contributed by atoms with van der Waals surface area (Å²) in [5.74, 6) is -0.556. The van der Waals surface area contributed by atoms with Crippen LogP contribution in [-0.2, 0) is 0 Å². The van der Waals surface area contributed by atoms with E-state index in [-0.39, 0.29) is 52.0 Å². The lowest BCUT2D eigenvalue weighted by Crippen LogP contribution is -2.17. The Morgan fingerprint density at radius 1 is 1.05 bits per heavy atom. The van der Waals surface area contributed by atoms with Crippen molar-refractivity contribution in [1.29, 1.82) is 0 Å². The van der Waals surface area contributed by atoms with Crippen molar-refractivity contribution >= 4 is 17.3 Å². The van der Waals surface area contributed by atoms with Gasteiger partial charge >= 0.3 is 0 Å². The summed E-state index contributed by atoms with van der Waals surface area (Å²) in [5, 5.41) is 0. The van der Waals surface area contributed by atoms with Crippen molar-refractivity contribution in [1.82, 2.24) is 0 Å². The van der Waals surface area contributed by atoms with E-state index in [2.05, 4.69) is 0 Å². The molecule has 20 heavy (non-hydrogen) atoms. The van der Waals surface area contributed by atoms with Crippen molar-refractivity contribution < 1.29 is 23.9 Å². The normalized spacial score (nSPS) is 13.2. The van der Waals surface area contributed by atoms with Crippen molar-refractivity contribution in [3.05, 3.63) is 34.9 Å². The van der Waals surface area contributed by atoms with Crippen LogP contribution in [0.2, 0.25) is 0 Å². The van der Waals surface area contributed by atoms with E-state index >= 15 is 0 Å². The Hall–Kier alpha value is -2.43. The van der Waals surface area contributed by atoms with E-state index < -0.39 is 0 Å². The Balaban J connectivity index is 2.85. The molecule has 0 aromatic heterocycles. The fraction of sp³-hybridized carbons (Fsp3) is 0.267. The average Bonchev–Trinajstić information content (AvgIpc) is 2.48. The third-order valence-corrected chi connectivity index (χ3v) is 3.17. The molecule has 0 N–H and O–H groups in total. The van der Waals surface area contributed by atoms with Gasteiger partial charge in [-0.25, -0.2) is 0 Å². The van der Waals surface area contributed by atoms with Crippen molar-refractivity contribution in [2.24, 2.45) is 0 Å². The van der Waals surface area contributed by atoms with Crippen LogP contribution in [0.4, 0.5) is 0 Å². The second-order valence-electron chi connectivity index (χ2n) is 4.25. The maximum atomic E-state index is 12.1. The molecule has 0 radical (unpaired) electrons. The van der Waals surface area contributed by atoms with Crippen molar-refractivity contribution in [2.75, 3.05) is 14.2 Å². The third-order valence-electron chi connectivity index (χ3n) is 3.17. The molecular formula is C15H14O5. The Kier molecular flexibility index (Phi) is 3.70. The first kappa shape index (κ1) is 14.0. The van der Waals surface area contributed by atoms with Gasteiger partial charge in [0.2, 0.25) is 0 Å². The van der Waals surface area contributed by atoms with Crippen LogP contribution in [0.5, 0.6) is 11.5 Å². The third kappa shape index (κ3) is 2.01. The second kappa shape index (κ2) is 5.28. The summed E-state index contributed by atoms with van der Waals surface area (Å²) in [6.07, 6.45) is 2.62. The lowest BCUT2D eigenvalue weighted by atomic mass is 9.89. The number of carbonyl (C=O) groups is 3. The Morgan fingerprint density at radius 3 is 2.15 bits per heavy atom. The summed E-state index contributed by atoms with van der Waals surface area (Å²) >= 11 is 0. The van der Waals surface area contributed by atoms with Gasteiger partial charge in [0.25, 0.3) is 0 Å². The number of allylic oxidation sites excluding steroid dienone is 2. The van der Waals surface area contributed by atoms with Gasteiger partial charge in [-0.15, -0.1) is 0 Å². The van der Waals surface area contributed by atoms with E-state index in [0.29, 0.717) is 0 Å². The predicted molar refractivity (Wildman–Crippen MR) is 72.0 cm³/mol. The highest BCUT2D eigenvalue weighted by Crippen LogP contribution is 2.37. The zero-order chi connectivity index (χ0) is 14.9. The van der Waals surface area contributed by atoms with Gasteiger partial charge in [-0.2, -0.15) is 0 Å². The zero-order valence-electron chi connectivity index (χ0n) is 11.5. The number of methoxy groups -OCH3 is 2. The van der Waals surface area contributed by atoms with Crippen molar-refractivity contribution in [3.8, 4) is 11.5 Å². The molecule has 1 aromatic carbocycles. The SMILES string of the molecule is CCC(=O)c1cc(OC)c2c(c1OC)C(=O)C=CC2=O. The van der Waals surface area contributed by atoms with Crippen LogP contribution in [-0.4, -0.2) is 31.6 Å². The fourth-order valence-corrected chi connectivity index (χ4v) is 2.21. The minimum atomic E-state index is -0.375. The number of ether oxygens (including phenoxy) is 2. The van der Waals surface area contributed by atoms with Gasteiger partial charge in [0, 0.05) is 6.42 Å². The van der Waals surface area contributed by atoms with Crippen LogP contribution >= 0.6 is 0 Å². The van der Waals surface area contributed by atoms with E-state index in [9.17, 15) is 14.4 Å². The first-order valence-corrected chi connectivity index (χ1v) is 6.14. The van der Waals surface area contributed by atoms with Gasteiger partial charge in [-0.05, 0) is 18.2 Å². The lowest BCUT2D eigenvalue weighted by molar-refractivity contribution is 0.0975. The molecule has 1 aliphatic rings. The lowest BCUT2D eigenvalue weighted by Gasteiger charge is -2.19. The molecule has 0 amide bonds. The molecule has 5 heteroatoms. The summed E-state index contributed by atoms with van der Waals surface area (Å²) in [4.78, 5) is 36.0. The molecule has 0 heterocycles. The van der Waals surface area contributed by atoms with Gasteiger partial charge in [0.15, 0.2) is 17.3 Å². The molecule has 0 saturated heterocycles. The molecule has 1 aliphatic carbocycles. The smallest absolute Gasteiger partial charge is 0.190 e. The molecule has 0 unspecified atom stereocenters. The molecule has 0 fully saturated rings. The molecule has 2 rings (SSSR count). The molecule has 104 valence electrons. The Bertz CT molecular complexity index is 640. The number of rotatable bonds is 4. The monoisotopic (exact) mass is 274 g/mol. The molecular weight excluding hydrogens is 260 g/mol. The highest BCUT2D eigenvalue weighted by Gasteiger charge is 2.31. The van der Waals surface area contributed by atoms with E-state index in [1.165, 1.54) is 32.4 Å². The fourth-order valence-electron chi connectivity index (χ4n) is 2.21. The Labute approximate surface area is 116 Å². The summed E-state index contributed by atoms with van der Waals surface area (Å²) < 4.78 is 10.4. The number of fused-ring (bicyclic) bond motifs is 1. The quantitative estimate of drug-likeness (QED) is 0.787. The number of carbonyl (C=O) groups excluding carboxylic acids is 3. The first-order chi connectivity index (χ1) is 9.54. The maximum absolute atomic E-state index is 12.1. The number of ketones is 3.